The number of rotatable bonds is 6. The van der Waals surface area contributed by atoms with Gasteiger partial charge in [-0.3, -0.25) is 4.79 Å². The Hall–Kier alpha value is -1.79. The molecule has 0 aliphatic carbocycles. The van der Waals surface area contributed by atoms with Crippen molar-refractivity contribution >= 4 is 11.6 Å². The van der Waals surface area contributed by atoms with Gasteiger partial charge in [0.1, 0.15) is 5.75 Å². The van der Waals surface area contributed by atoms with Gasteiger partial charge in [-0.1, -0.05) is 6.07 Å². The molecule has 0 saturated heterocycles. The van der Waals surface area contributed by atoms with Gasteiger partial charge < -0.3 is 26.0 Å². The van der Waals surface area contributed by atoms with E-state index in [2.05, 4.69) is 5.32 Å². The van der Waals surface area contributed by atoms with E-state index in [1.807, 2.05) is 0 Å². The van der Waals surface area contributed by atoms with Crippen molar-refractivity contribution in [2.45, 2.75) is 6.04 Å². The highest BCUT2D eigenvalue weighted by Crippen LogP contribution is 2.13. The van der Waals surface area contributed by atoms with E-state index in [1.165, 1.54) is 0 Å². The van der Waals surface area contributed by atoms with E-state index in [9.17, 15) is 4.79 Å². The number of amides is 1. The first-order valence-electron chi connectivity index (χ1n) is 5.15. The summed E-state index contributed by atoms with van der Waals surface area (Å²) in [5.74, 6) is 0.0743. The van der Waals surface area contributed by atoms with Crippen LogP contribution in [-0.4, -0.2) is 42.0 Å². The third kappa shape index (κ3) is 4.71. The lowest BCUT2D eigenvalue weighted by molar-refractivity contribution is -0.124. The van der Waals surface area contributed by atoms with Gasteiger partial charge >= 0.3 is 0 Å². The second-order valence-corrected chi connectivity index (χ2v) is 3.49. The van der Waals surface area contributed by atoms with Crippen LogP contribution in [-0.2, 0) is 4.79 Å². The first kappa shape index (κ1) is 13.3. The predicted molar refractivity (Wildman–Crippen MR) is 62.5 cm³/mol. The molecule has 0 aliphatic rings. The van der Waals surface area contributed by atoms with Crippen LogP contribution in [0.3, 0.4) is 0 Å². The van der Waals surface area contributed by atoms with Gasteiger partial charge in [-0.15, -0.1) is 0 Å². The van der Waals surface area contributed by atoms with E-state index in [4.69, 9.17) is 20.7 Å². The van der Waals surface area contributed by atoms with E-state index in [0.717, 1.165) is 0 Å². The molecule has 0 unspecified atom stereocenters. The first-order valence-corrected chi connectivity index (χ1v) is 5.15. The SMILES string of the molecule is Nc1cccc(OCC(=O)NC(CO)CO)c1. The fourth-order valence-electron chi connectivity index (χ4n) is 1.17. The lowest BCUT2D eigenvalue weighted by atomic mass is 10.3. The van der Waals surface area contributed by atoms with Gasteiger partial charge in [-0.05, 0) is 12.1 Å². The molecule has 17 heavy (non-hydrogen) atoms. The van der Waals surface area contributed by atoms with Crippen LogP contribution in [0.15, 0.2) is 24.3 Å². The molecule has 1 amide bonds. The average molecular weight is 240 g/mol. The molecule has 0 saturated carbocycles. The molecule has 0 fully saturated rings. The zero-order valence-electron chi connectivity index (χ0n) is 9.30. The summed E-state index contributed by atoms with van der Waals surface area (Å²) in [7, 11) is 0. The Morgan fingerprint density at radius 3 is 2.71 bits per heavy atom. The summed E-state index contributed by atoms with van der Waals surface area (Å²) >= 11 is 0. The Kier molecular flexibility index (Phi) is 5.25. The number of aliphatic hydroxyl groups is 2. The quantitative estimate of drug-likeness (QED) is 0.483. The number of anilines is 1. The molecule has 94 valence electrons. The molecule has 0 atom stereocenters. The van der Waals surface area contributed by atoms with Gasteiger partial charge in [0.05, 0.1) is 19.3 Å². The fraction of sp³-hybridized carbons (Fsp3) is 0.364. The second-order valence-electron chi connectivity index (χ2n) is 3.49. The van der Waals surface area contributed by atoms with Crippen LogP contribution < -0.4 is 15.8 Å². The van der Waals surface area contributed by atoms with Crippen molar-refractivity contribution in [1.82, 2.24) is 5.32 Å². The third-order valence-electron chi connectivity index (χ3n) is 2.03. The molecule has 5 N–H and O–H groups in total. The highest BCUT2D eigenvalue weighted by molar-refractivity contribution is 5.77. The summed E-state index contributed by atoms with van der Waals surface area (Å²) in [5, 5.41) is 19.9. The van der Waals surface area contributed by atoms with Crippen LogP contribution in [0.5, 0.6) is 5.75 Å². The Labute approximate surface area is 99.0 Å². The number of ether oxygens (including phenoxy) is 1. The summed E-state index contributed by atoms with van der Waals surface area (Å²) in [6.45, 7) is -0.832. The number of carbonyl (C=O) groups is 1. The minimum Gasteiger partial charge on any atom is -0.484 e. The lowest BCUT2D eigenvalue weighted by Crippen LogP contribution is -2.42. The van der Waals surface area contributed by atoms with Gasteiger partial charge in [0.2, 0.25) is 0 Å². The van der Waals surface area contributed by atoms with E-state index in [1.54, 1.807) is 24.3 Å². The molecule has 0 bridgehead atoms. The highest BCUT2D eigenvalue weighted by Gasteiger charge is 2.10. The topological polar surface area (TPSA) is 105 Å². The third-order valence-corrected chi connectivity index (χ3v) is 2.03. The lowest BCUT2D eigenvalue weighted by Gasteiger charge is -2.13. The molecule has 0 aromatic heterocycles. The normalized spacial score (nSPS) is 10.3. The Morgan fingerprint density at radius 2 is 2.12 bits per heavy atom. The monoisotopic (exact) mass is 240 g/mol. The fourth-order valence-corrected chi connectivity index (χ4v) is 1.17. The summed E-state index contributed by atoms with van der Waals surface area (Å²) in [4.78, 5) is 11.3. The van der Waals surface area contributed by atoms with Crippen LogP contribution in [0.25, 0.3) is 0 Å². The van der Waals surface area contributed by atoms with Crippen molar-refractivity contribution in [2.75, 3.05) is 25.6 Å². The molecule has 0 aliphatic heterocycles. The second kappa shape index (κ2) is 6.72. The van der Waals surface area contributed by atoms with Crippen molar-refractivity contribution in [3.05, 3.63) is 24.3 Å². The Morgan fingerprint density at radius 1 is 1.41 bits per heavy atom. The predicted octanol–water partition coefficient (Wildman–Crippen LogP) is -0.883. The molecule has 1 aromatic rings. The molecule has 0 heterocycles. The van der Waals surface area contributed by atoms with Gasteiger partial charge in [0.15, 0.2) is 6.61 Å². The minimum atomic E-state index is -0.660. The van der Waals surface area contributed by atoms with E-state index in [0.29, 0.717) is 11.4 Å². The smallest absolute Gasteiger partial charge is 0.258 e. The number of benzene rings is 1. The standard InChI is InChI=1S/C11H16N2O4/c12-8-2-1-3-10(4-8)17-7-11(16)13-9(5-14)6-15/h1-4,9,14-15H,5-7,12H2,(H,13,16). The van der Waals surface area contributed by atoms with Crippen LogP contribution in [0.4, 0.5) is 5.69 Å². The number of aliphatic hydroxyl groups excluding tert-OH is 2. The van der Waals surface area contributed by atoms with Crippen molar-refractivity contribution < 1.29 is 19.7 Å². The van der Waals surface area contributed by atoms with E-state index >= 15 is 0 Å². The molecule has 6 heteroatoms. The van der Waals surface area contributed by atoms with E-state index < -0.39 is 11.9 Å². The Bertz CT molecular complexity index is 366. The van der Waals surface area contributed by atoms with Crippen molar-refractivity contribution in [3.63, 3.8) is 0 Å². The van der Waals surface area contributed by atoms with Gasteiger partial charge in [-0.25, -0.2) is 0 Å². The minimum absolute atomic E-state index is 0.194. The van der Waals surface area contributed by atoms with Gasteiger partial charge in [0.25, 0.3) is 5.91 Å². The van der Waals surface area contributed by atoms with Crippen LogP contribution in [0.2, 0.25) is 0 Å². The zero-order valence-corrected chi connectivity index (χ0v) is 9.30. The first-order chi connectivity index (χ1) is 8.15. The molecular weight excluding hydrogens is 224 g/mol. The van der Waals surface area contributed by atoms with Crippen LogP contribution in [0, 0.1) is 0 Å². The molecule has 1 aromatic carbocycles. The van der Waals surface area contributed by atoms with Crippen molar-refractivity contribution in [1.29, 1.82) is 0 Å². The molecule has 6 nitrogen and oxygen atoms in total. The van der Waals surface area contributed by atoms with Crippen LogP contribution >= 0.6 is 0 Å². The summed E-state index contributed by atoms with van der Waals surface area (Å²) in [6, 6.07) is 6.04. The molecule has 0 spiro atoms. The largest absolute Gasteiger partial charge is 0.484 e. The number of nitrogen functional groups attached to an aromatic ring is 1. The molecular formula is C11H16N2O4. The number of hydrogen-bond donors (Lipinski definition) is 4. The number of nitrogens with two attached hydrogens (primary N) is 1. The average Bonchev–Trinajstić information content (AvgIpc) is 2.33. The number of nitrogens with one attached hydrogen (secondary N) is 1. The maximum atomic E-state index is 11.3. The van der Waals surface area contributed by atoms with Gasteiger partial charge in [0, 0.05) is 11.8 Å². The Balaban J connectivity index is 2.38. The molecule has 0 radical (unpaired) electrons. The maximum Gasteiger partial charge on any atom is 0.258 e. The van der Waals surface area contributed by atoms with Crippen molar-refractivity contribution in [3.8, 4) is 5.75 Å². The zero-order chi connectivity index (χ0) is 12.7. The number of carbonyl (C=O) groups excluding carboxylic acids is 1. The summed E-state index contributed by atoms with van der Waals surface area (Å²) < 4.78 is 5.18. The van der Waals surface area contributed by atoms with Gasteiger partial charge in [-0.2, -0.15) is 0 Å². The molecule has 1 rings (SSSR count). The summed E-state index contributed by atoms with van der Waals surface area (Å²) in [5.41, 5.74) is 6.09. The number of hydrogen-bond acceptors (Lipinski definition) is 5. The maximum absolute atomic E-state index is 11.3. The highest BCUT2D eigenvalue weighted by atomic mass is 16.5. The summed E-state index contributed by atoms with van der Waals surface area (Å²) in [6.07, 6.45) is 0. The van der Waals surface area contributed by atoms with E-state index in [-0.39, 0.29) is 19.8 Å². The van der Waals surface area contributed by atoms with Crippen molar-refractivity contribution in [2.24, 2.45) is 0 Å². The van der Waals surface area contributed by atoms with Crippen LogP contribution in [0.1, 0.15) is 0 Å².